The zero-order valence-electron chi connectivity index (χ0n) is 12.8. The van der Waals surface area contributed by atoms with Gasteiger partial charge >= 0.3 is 0 Å². The number of ether oxygens (including phenoxy) is 2. The van der Waals surface area contributed by atoms with Crippen molar-refractivity contribution in [2.45, 2.75) is 25.5 Å². The van der Waals surface area contributed by atoms with Crippen molar-refractivity contribution in [3.05, 3.63) is 59.9 Å². The second kappa shape index (κ2) is 8.97. The van der Waals surface area contributed by atoms with E-state index in [0.717, 1.165) is 16.9 Å². The summed E-state index contributed by atoms with van der Waals surface area (Å²) in [6, 6.07) is -0.236. The summed E-state index contributed by atoms with van der Waals surface area (Å²) in [5.74, 6) is 0.817. The lowest BCUT2D eigenvalue weighted by Gasteiger charge is -2.24. The summed E-state index contributed by atoms with van der Waals surface area (Å²) in [6.45, 7) is 5.66. The summed E-state index contributed by atoms with van der Waals surface area (Å²) >= 11 is 0. The average molecular weight is 289 g/mol. The van der Waals surface area contributed by atoms with Crippen molar-refractivity contribution in [2.24, 2.45) is 0 Å². The van der Waals surface area contributed by atoms with Crippen LogP contribution in [0.15, 0.2) is 59.9 Å². The summed E-state index contributed by atoms with van der Waals surface area (Å²) in [5, 5.41) is 2.79. The summed E-state index contributed by atoms with van der Waals surface area (Å²) in [6.07, 6.45) is 12.8. The van der Waals surface area contributed by atoms with Crippen LogP contribution in [0, 0.1) is 0 Å². The third kappa shape index (κ3) is 5.08. The zero-order chi connectivity index (χ0) is 15.7. The first-order valence-electron chi connectivity index (χ1n) is 6.81. The monoisotopic (exact) mass is 289 g/mol. The van der Waals surface area contributed by atoms with E-state index in [4.69, 9.17) is 9.47 Å². The van der Waals surface area contributed by atoms with E-state index >= 15 is 0 Å². The van der Waals surface area contributed by atoms with Gasteiger partial charge in [-0.3, -0.25) is 4.79 Å². The number of amides is 1. The molecule has 0 saturated heterocycles. The summed E-state index contributed by atoms with van der Waals surface area (Å²) < 4.78 is 10.7. The second-order valence-electron chi connectivity index (χ2n) is 4.68. The Bertz CT molecular complexity index is 486. The van der Waals surface area contributed by atoms with Crippen molar-refractivity contribution in [1.29, 1.82) is 0 Å². The molecule has 0 bridgehead atoms. The maximum absolute atomic E-state index is 10.8. The fourth-order valence-electron chi connectivity index (χ4n) is 2.02. The summed E-state index contributed by atoms with van der Waals surface area (Å²) in [4.78, 5) is 10.8. The van der Waals surface area contributed by atoms with Crippen LogP contribution in [0.4, 0.5) is 0 Å². The summed E-state index contributed by atoms with van der Waals surface area (Å²) in [5.41, 5.74) is 1.98. The van der Waals surface area contributed by atoms with E-state index in [1.165, 1.54) is 0 Å². The molecule has 4 heteroatoms. The molecule has 0 fully saturated rings. The lowest BCUT2D eigenvalue weighted by atomic mass is 9.96. The lowest BCUT2D eigenvalue weighted by molar-refractivity contribution is -0.109. The highest BCUT2D eigenvalue weighted by Gasteiger charge is 2.21. The zero-order valence-corrected chi connectivity index (χ0v) is 12.8. The number of allylic oxidation sites excluding steroid dienone is 4. The van der Waals surface area contributed by atoms with Gasteiger partial charge < -0.3 is 14.8 Å². The molecule has 1 N–H and O–H groups in total. The normalized spacial score (nSPS) is 20.5. The van der Waals surface area contributed by atoms with Gasteiger partial charge in [0.25, 0.3) is 0 Å². The Balaban J connectivity index is 2.98. The van der Waals surface area contributed by atoms with Gasteiger partial charge in [0.05, 0.1) is 19.3 Å². The van der Waals surface area contributed by atoms with Crippen LogP contribution >= 0.6 is 0 Å². The Labute approximate surface area is 126 Å². The molecule has 0 aromatic rings. The molecule has 1 amide bonds. The fraction of sp³-hybridized carbons (Fsp3) is 0.353. The van der Waals surface area contributed by atoms with Crippen LogP contribution in [-0.2, 0) is 14.3 Å². The third-order valence-corrected chi connectivity index (χ3v) is 3.32. The molecular formula is C17H23NO3. The predicted octanol–water partition coefficient (Wildman–Crippen LogP) is 2.66. The average Bonchev–Trinajstić information content (AvgIpc) is 2.53. The molecule has 1 rings (SSSR count). The fourth-order valence-corrected chi connectivity index (χ4v) is 2.02. The molecule has 2 atom stereocenters. The van der Waals surface area contributed by atoms with E-state index in [1.54, 1.807) is 20.3 Å². The van der Waals surface area contributed by atoms with Crippen LogP contribution in [0.1, 0.15) is 13.3 Å². The highest BCUT2D eigenvalue weighted by atomic mass is 16.5. The smallest absolute Gasteiger partial charge is 0.207 e. The van der Waals surface area contributed by atoms with Gasteiger partial charge in [0.15, 0.2) is 0 Å². The molecular weight excluding hydrogens is 266 g/mol. The van der Waals surface area contributed by atoms with Crippen LogP contribution in [0.2, 0.25) is 0 Å². The van der Waals surface area contributed by atoms with Crippen LogP contribution in [0.5, 0.6) is 0 Å². The van der Waals surface area contributed by atoms with Crippen LogP contribution in [0.3, 0.4) is 0 Å². The molecule has 114 valence electrons. The Morgan fingerprint density at radius 3 is 2.86 bits per heavy atom. The highest BCUT2D eigenvalue weighted by Crippen LogP contribution is 2.24. The Kier molecular flexibility index (Phi) is 7.26. The second-order valence-corrected chi connectivity index (χ2v) is 4.68. The van der Waals surface area contributed by atoms with Crippen LogP contribution in [0.25, 0.3) is 0 Å². The highest BCUT2D eigenvalue weighted by molar-refractivity contribution is 5.51. The first-order valence-corrected chi connectivity index (χ1v) is 6.81. The van der Waals surface area contributed by atoms with E-state index < -0.39 is 0 Å². The van der Waals surface area contributed by atoms with Crippen molar-refractivity contribution in [3.63, 3.8) is 0 Å². The molecule has 0 saturated carbocycles. The molecule has 1 aliphatic rings. The molecule has 0 spiro atoms. The van der Waals surface area contributed by atoms with E-state index in [2.05, 4.69) is 11.9 Å². The minimum absolute atomic E-state index is 0.00691. The van der Waals surface area contributed by atoms with Gasteiger partial charge in [-0.15, -0.1) is 0 Å². The van der Waals surface area contributed by atoms with E-state index in [-0.39, 0.29) is 12.1 Å². The number of hydrogen-bond donors (Lipinski definition) is 1. The minimum Gasteiger partial charge on any atom is -0.501 e. The maximum atomic E-state index is 10.8. The molecule has 0 heterocycles. The standard InChI is InChI=1S/C17H23NO3/c1-5-13(2)7-6-8-16(18-12-19)15-10-9-14(20-3)11-17(15)21-4/h5-10,12,14,16H,1,11H2,2-4H3,(H,18,19). The first kappa shape index (κ1) is 17.0. The largest absolute Gasteiger partial charge is 0.501 e. The molecule has 0 aromatic carbocycles. The van der Waals surface area contributed by atoms with Gasteiger partial charge in [-0.2, -0.15) is 0 Å². The van der Waals surface area contributed by atoms with Gasteiger partial charge in [-0.05, 0) is 6.92 Å². The molecule has 1 aliphatic carbocycles. The Morgan fingerprint density at radius 2 is 2.29 bits per heavy atom. The van der Waals surface area contributed by atoms with Crippen LogP contribution < -0.4 is 5.32 Å². The molecule has 21 heavy (non-hydrogen) atoms. The first-order chi connectivity index (χ1) is 10.2. The van der Waals surface area contributed by atoms with Crippen molar-refractivity contribution in [1.82, 2.24) is 5.32 Å². The number of carbonyl (C=O) groups is 1. The van der Waals surface area contributed by atoms with Gasteiger partial charge in [0.2, 0.25) is 6.41 Å². The van der Waals surface area contributed by atoms with E-state index in [0.29, 0.717) is 12.8 Å². The summed E-state index contributed by atoms with van der Waals surface area (Å²) in [7, 11) is 3.29. The molecule has 0 radical (unpaired) electrons. The molecule has 0 aliphatic heterocycles. The Hall–Kier alpha value is -2.07. The van der Waals surface area contributed by atoms with Crippen molar-refractivity contribution in [3.8, 4) is 0 Å². The van der Waals surface area contributed by atoms with Gasteiger partial charge in [0, 0.05) is 19.1 Å². The van der Waals surface area contributed by atoms with E-state index in [1.807, 2.05) is 37.3 Å². The quantitative estimate of drug-likeness (QED) is 0.552. The van der Waals surface area contributed by atoms with Gasteiger partial charge in [0.1, 0.15) is 5.76 Å². The van der Waals surface area contributed by atoms with Gasteiger partial charge in [-0.25, -0.2) is 0 Å². The number of methoxy groups -OCH3 is 2. The SMILES string of the molecule is C=CC(C)=CC=CC(NC=O)C1=C(OC)CC(OC)C=C1. The maximum Gasteiger partial charge on any atom is 0.207 e. The van der Waals surface area contributed by atoms with Crippen molar-refractivity contribution < 1.29 is 14.3 Å². The number of hydrogen-bond acceptors (Lipinski definition) is 3. The molecule has 0 aromatic heterocycles. The molecule has 4 nitrogen and oxygen atoms in total. The molecule has 2 unspecified atom stereocenters. The topological polar surface area (TPSA) is 47.6 Å². The van der Waals surface area contributed by atoms with Crippen molar-refractivity contribution in [2.75, 3.05) is 14.2 Å². The number of rotatable bonds is 8. The Morgan fingerprint density at radius 1 is 1.52 bits per heavy atom. The lowest BCUT2D eigenvalue weighted by Crippen LogP contribution is -2.30. The predicted molar refractivity (Wildman–Crippen MR) is 84.7 cm³/mol. The van der Waals surface area contributed by atoms with Gasteiger partial charge in [-0.1, -0.05) is 48.6 Å². The number of nitrogens with one attached hydrogen (secondary N) is 1. The number of carbonyl (C=O) groups excluding carboxylic acids is 1. The van der Waals surface area contributed by atoms with Crippen molar-refractivity contribution >= 4 is 6.41 Å². The van der Waals surface area contributed by atoms with Crippen LogP contribution in [-0.4, -0.2) is 32.8 Å². The minimum atomic E-state index is -0.236. The van der Waals surface area contributed by atoms with E-state index in [9.17, 15) is 4.79 Å². The third-order valence-electron chi connectivity index (χ3n) is 3.32.